The third kappa shape index (κ3) is 4.73. The van der Waals surface area contributed by atoms with Crippen LogP contribution in [0.4, 0.5) is 0 Å². The van der Waals surface area contributed by atoms with Crippen LogP contribution in [0.1, 0.15) is 26.2 Å². The van der Waals surface area contributed by atoms with Gasteiger partial charge in [-0.25, -0.2) is 0 Å². The van der Waals surface area contributed by atoms with Crippen LogP contribution < -0.4 is 0 Å². The van der Waals surface area contributed by atoms with Gasteiger partial charge in [-0.05, 0) is 6.42 Å². The highest BCUT2D eigenvalue weighted by atomic mass is 16.5. The van der Waals surface area contributed by atoms with Gasteiger partial charge in [0.25, 0.3) is 0 Å². The average Bonchev–Trinajstić information content (AvgIpc) is 1.86. The minimum atomic E-state index is -1.24. The van der Waals surface area contributed by atoms with E-state index in [0.29, 0.717) is 6.42 Å². The van der Waals surface area contributed by atoms with Crippen molar-refractivity contribution in [1.29, 1.82) is 0 Å². The lowest BCUT2D eigenvalue weighted by molar-refractivity contribution is -0.0779. The van der Waals surface area contributed by atoms with Gasteiger partial charge in [0.2, 0.25) is 0 Å². The second kappa shape index (κ2) is 5.65. The van der Waals surface area contributed by atoms with E-state index in [0.717, 1.165) is 12.8 Å². The first-order chi connectivity index (χ1) is 4.70. The summed E-state index contributed by atoms with van der Waals surface area (Å²) in [5.74, 6) is 0. The average molecular weight is 148 g/mol. The lowest BCUT2D eigenvalue weighted by Crippen LogP contribution is -2.18. The summed E-state index contributed by atoms with van der Waals surface area (Å²) in [7, 11) is 1.59. The summed E-state index contributed by atoms with van der Waals surface area (Å²) in [6.07, 6.45) is 0.949. The van der Waals surface area contributed by atoms with Crippen LogP contribution in [0.15, 0.2) is 0 Å². The highest BCUT2D eigenvalue weighted by molar-refractivity contribution is 4.56. The summed E-state index contributed by atoms with van der Waals surface area (Å²) in [5, 5.41) is 17.1. The number of ether oxygens (including phenoxy) is 1. The van der Waals surface area contributed by atoms with E-state index in [1.54, 1.807) is 7.11 Å². The van der Waals surface area contributed by atoms with Crippen molar-refractivity contribution >= 4 is 0 Å². The van der Waals surface area contributed by atoms with Crippen LogP contribution in [0.5, 0.6) is 0 Å². The molecule has 1 unspecified atom stereocenters. The molecule has 3 heteroatoms. The second-order valence-electron chi connectivity index (χ2n) is 2.36. The molecule has 0 aliphatic rings. The quantitative estimate of drug-likeness (QED) is 0.558. The van der Waals surface area contributed by atoms with Crippen molar-refractivity contribution in [3.8, 4) is 0 Å². The largest absolute Gasteiger partial charge is 0.381 e. The van der Waals surface area contributed by atoms with E-state index in [1.807, 2.05) is 6.92 Å². The van der Waals surface area contributed by atoms with E-state index in [2.05, 4.69) is 0 Å². The van der Waals surface area contributed by atoms with Crippen LogP contribution >= 0.6 is 0 Å². The number of hydrogen-bond donors (Lipinski definition) is 2. The van der Waals surface area contributed by atoms with E-state index in [1.165, 1.54) is 0 Å². The Morgan fingerprint density at radius 2 is 2.00 bits per heavy atom. The molecule has 0 amide bonds. The van der Waals surface area contributed by atoms with Gasteiger partial charge in [-0.1, -0.05) is 13.3 Å². The zero-order chi connectivity index (χ0) is 7.98. The predicted molar refractivity (Wildman–Crippen MR) is 38.5 cm³/mol. The van der Waals surface area contributed by atoms with E-state index in [9.17, 15) is 0 Å². The molecule has 0 saturated carbocycles. The molecule has 2 N–H and O–H groups in total. The second-order valence-corrected chi connectivity index (χ2v) is 2.36. The molecule has 0 bridgehead atoms. The third-order valence-corrected chi connectivity index (χ3v) is 1.42. The molecular weight excluding hydrogens is 132 g/mol. The summed E-state index contributed by atoms with van der Waals surface area (Å²) in [6.45, 7) is 2.04. The van der Waals surface area contributed by atoms with Crippen molar-refractivity contribution in [2.24, 2.45) is 0 Å². The lowest BCUT2D eigenvalue weighted by Gasteiger charge is -2.14. The van der Waals surface area contributed by atoms with Crippen molar-refractivity contribution in [1.82, 2.24) is 0 Å². The summed E-state index contributed by atoms with van der Waals surface area (Å²) in [6, 6.07) is 0. The Labute approximate surface area is 61.6 Å². The Morgan fingerprint density at radius 1 is 1.40 bits per heavy atom. The highest BCUT2D eigenvalue weighted by Crippen LogP contribution is 2.06. The number of aliphatic hydroxyl groups excluding tert-OH is 1. The maximum absolute atomic E-state index is 8.56. The molecule has 0 heterocycles. The highest BCUT2D eigenvalue weighted by Gasteiger charge is 2.09. The molecule has 62 valence electrons. The fourth-order valence-electron chi connectivity index (χ4n) is 0.889. The Bertz CT molecular complexity index is 73.3. The molecule has 0 saturated heterocycles. The molecule has 0 aromatic heterocycles. The van der Waals surface area contributed by atoms with Gasteiger partial charge >= 0.3 is 0 Å². The minimum Gasteiger partial charge on any atom is -0.381 e. The van der Waals surface area contributed by atoms with Crippen LogP contribution in [-0.2, 0) is 4.74 Å². The lowest BCUT2D eigenvalue weighted by atomic mass is 10.1. The monoisotopic (exact) mass is 148 g/mol. The molecule has 10 heavy (non-hydrogen) atoms. The number of hydrogen-bond acceptors (Lipinski definition) is 3. The molecule has 0 radical (unpaired) electrons. The van der Waals surface area contributed by atoms with Crippen LogP contribution in [0, 0.1) is 0 Å². The molecule has 0 rings (SSSR count). The SMILES string of the molecule is CCCC(CC(O)O)OC. The van der Waals surface area contributed by atoms with E-state index in [-0.39, 0.29) is 6.10 Å². The normalized spacial score (nSPS) is 14.1. The predicted octanol–water partition coefficient (Wildman–Crippen LogP) is 0.502. The Kier molecular flexibility index (Phi) is 5.58. The summed E-state index contributed by atoms with van der Waals surface area (Å²) in [5.41, 5.74) is 0. The van der Waals surface area contributed by atoms with Gasteiger partial charge < -0.3 is 14.9 Å². The fraction of sp³-hybridized carbons (Fsp3) is 1.00. The molecule has 0 aliphatic heterocycles. The van der Waals surface area contributed by atoms with Gasteiger partial charge in [0.05, 0.1) is 6.10 Å². The van der Waals surface area contributed by atoms with Crippen molar-refractivity contribution in [2.45, 2.75) is 38.6 Å². The first-order valence-corrected chi connectivity index (χ1v) is 3.59. The zero-order valence-electron chi connectivity index (χ0n) is 6.58. The van der Waals surface area contributed by atoms with Crippen LogP contribution in [-0.4, -0.2) is 29.7 Å². The molecule has 0 spiro atoms. The number of aliphatic hydroxyl groups is 2. The van der Waals surface area contributed by atoms with Gasteiger partial charge in [-0.2, -0.15) is 0 Å². The van der Waals surface area contributed by atoms with Crippen molar-refractivity contribution in [2.75, 3.05) is 7.11 Å². The summed E-state index contributed by atoms with van der Waals surface area (Å²) < 4.78 is 4.98. The molecule has 3 nitrogen and oxygen atoms in total. The van der Waals surface area contributed by atoms with Crippen molar-refractivity contribution in [3.05, 3.63) is 0 Å². The Hall–Kier alpha value is -0.120. The summed E-state index contributed by atoms with van der Waals surface area (Å²) >= 11 is 0. The number of methoxy groups -OCH3 is 1. The number of rotatable bonds is 5. The minimum absolute atomic E-state index is 0.00926. The first-order valence-electron chi connectivity index (χ1n) is 3.59. The molecule has 1 atom stereocenters. The topological polar surface area (TPSA) is 49.7 Å². The molecule has 0 aromatic carbocycles. The maximum Gasteiger partial charge on any atom is 0.153 e. The molecule has 0 fully saturated rings. The van der Waals surface area contributed by atoms with Crippen molar-refractivity contribution in [3.63, 3.8) is 0 Å². The third-order valence-electron chi connectivity index (χ3n) is 1.42. The Balaban J connectivity index is 3.39. The molecule has 0 aliphatic carbocycles. The zero-order valence-corrected chi connectivity index (χ0v) is 6.58. The van der Waals surface area contributed by atoms with Crippen molar-refractivity contribution < 1.29 is 14.9 Å². The van der Waals surface area contributed by atoms with Crippen LogP contribution in [0.3, 0.4) is 0 Å². The van der Waals surface area contributed by atoms with E-state index < -0.39 is 6.29 Å². The standard InChI is InChI=1S/C7H16O3/c1-3-4-6(10-2)5-7(8)9/h6-9H,3-5H2,1-2H3. The Morgan fingerprint density at radius 3 is 2.30 bits per heavy atom. The summed E-state index contributed by atoms with van der Waals surface area (Å²) in [4.78, 5) is 0. The van der Waals surface area contributed by atoms with Crippen LogP contribution in [0.25, 0.3) is 0 Å². The molecule has 0 aromatic rings. The van der Waals surface area contributed by atoms with Crippen LogP contribution in [0.2, 0.25) is 0 Å². The van der Waals surface area contributed by atoms with E-state index in [4.69, 9.17) is 14.9 Å². The fourth-order valence-corrected chi connectivity index (χ4v) is 0.889. The smallest absolute Gasteiger partial charge is 0.153 e. The molecular formula is C7H16O3. The van der Waals surface area contributed by atoms with Gasteiger partial charge in [0, 0.05) is 13.5 Å². The van der Waals surface area contributed by atoms with E-state index >= 15 is 0 Å². The van der Waals surface area contributed by atoms with Gasteiger partial charge in [-0.3, -0.25) is 0 Å². The van der Waals surface area contributed by atoms with Gasteiger partial charge in [0.1, 0.15) is 0 Å². The first kappa shape index (κ1) is 9.88. The maximum atomic E-state index is 8.56. The van der Waals surface area contributed by atoms with Gasteiger partial charge in [0.15, 0.2) is 6.29 Å². The van der Waals surface area contributed by atoms with Gasteiger partial charge in [-0.15, -0.1) is 0 Å².